The van der Waals surface area contributed by atoms with Crippen molar-refractivity contribution >= 4 is 38.2 Å². The first-order valence-electron chi connectivity index (χ1n) is 8.05. The van der Waals surface area contributed by atoms with Gasteiger partial charge in [0.05, 0.1) is 21.4 Å². The van der Waals surface area contributed by atoms with Crippen molar-refractivity contribution in [1.29, 1.82) is 5.26 Å². The van der Waals surface area contributed by atoms with E-state index in [-0.39, 0.29) is 12.5 Å². The molecule has 0 spiro atoms. The minimum absolute atomic E-state index is 0.145. The molecule has 24 heavy (non-hydrogen) atoms. The molecule has 0 aliphatic heterocycles. The number of halogens is 1. The molecule has 2 heterocycles. The van der Waals surface area contributed by atoms with Crippen LogP contribution in [0.3, 0.4) is 0 Å². The van der Waals surface area contributed by atoms with E-state index in [4.69, 9.17) is 0 Å². The lowest BCUT2D eigenvalue weighted by molar-refractivity contribution is -0.116. The Hall–Kier alpha value is -1.65. The Balaban J connectivity index is 1.79. The number of amides is 1. The third kappa shape index (κ3) is 3.26. The number of carbonyl (C=O) groups excluding carboxylic acids is 1. The van der Waals surface area contributed by atoms with Gasteiger partial charge in [-0.2, -0.15) is 10.4 Å². The molecule has 0 fully saturated rings. The van der Waals surface area contributed by atoms with Crippen LogP contribution in [-0.2, 0) is 24.2 Å². The zero-order valence-corrected chi connectivity index (χ0v) is 16.2. The van der Waals surface area contributed by atoms with Gasteiger partial charge < -0.3 is 5.32 Å². The summed E-state index contributed by atoms with van der Waals surface area (Å²) in [4.78, 5) is 13.7. The number of nitriles is 1. The van der Waals surface area contributed by atoms with Crippen LogP contribution in [0.2, 0.25) is 0 Å². The Morgan fingerprint density at radius 3 is 2.79 bits per heavy atom. The molecular weight excluding hydrogens is 388 g/mol. The molecule has 0 aromatic carbocycles. The Morgan fingerprint density at radius 1 is 1.38 bits per heavy atom. The number of nitrogens with zero attached hydrogens (tertiary/aromatic N) is 3. The van der Waals surface area contributed by atoms with Gasteiger partial charge in [-0.15, -0.1) is 11.3 Å². The summed E-state index contributed by atoms with van der Waals surface area (Å²) in [5, 5.41) is 17.5. The van der Waals surface area contributed by atoms with E-state index in [0.29, 0.717) is 10.6 Å². The minimum Gasteiger partial charge on any atom is -0.315 e. The van der Waals surface area contributed by atoms with Crippen molar-refractivity contribution in [3.8, 4) is 6.07 Å². The van der Waals surface area contributed by atoms with Crippen molar-refractivity contribution in [1.82, 2.24) is 9.78 Å². The summed E-state index contributed by atoms with van der Waals surface area (Å²) in [6.07, 6.45) is 5.43. The number of hydrogen-bond acceptors (Lipinski definition) is 4. The lowest BCUT2D eigenvalue weighted by atomic mass is 10.1. The first-order valence-corrected chi connectivity index (χ1v) is 9.66. The molecule has 2 aromatic heterocycles. The van der Waals surface area contributed by atoms with Gasteiger partial charge in [0.1, 0.15) is 17.6 Å². The summed E-state index contributed by atoms with van der Waals surface area (Å²) in [5.41, 5.74) is 3.58. The first kappa shape index (κ1) is 17.2. The van der Waals surface area contributed by atoms with Crippen LogP contribution in [0.5, 0.6) is 0 Å². The normalized spacial score (nSPS) is 13.9. The average molecular weight is 407 g/mol. The highest BCUT2D eigenvalue weighted by Crippen LogP contribution is 2.37. The molecule has 126 valence electrons. The molecule has 1 N–H and O–H groups in total. The highest BCUT2D eigenvalue weighted by Gasteiger charge is 2.21. The molecule has 3 rings (SSSR count). The molecule has 1 amide bonds. The molecule has 0 unspecified atom stereocenters. The van der Waals surface area contributed by atoms with Crippen LogP contribution < -0.4 is 5.32 Å². The topological polar surface area (TPSA) is 70.7 Å². The maximum absolute atomic E-state index is 12.4. The summed E-state index contributed by atoms with van der Waals surface area (Å²) in [7, 11) is 0. The van der Waals surface area contributed by atoms with E-state index < -0.39 is 0 Å². The van der Waals surface area contributed by atoms with E-state index in [2.05, 4.69) is 32.4 Å². The Morgan fingerprint density at radius 2 is 2.12 bits per heavy atom. The summed E-state index contributed by atoms with van der Waals surface area (Å²) in [5.74, 6) is -0.152. The van der Waals surface area contributed by atoms with Crippen molar-refractivity contribution in [2.75, 3.05) is 5.32 Å². The van der Waals surface area contributed by atoms with Gasteiger partial charge in [0, 0.05) is 4.88 Å². The molecule has 1 aliphatic rings. The van der Waals surface area contributed by atoms with Crippen molar-refractivity contribution in [2.45, 2.75) is 52.5 Å². The fourth-order valence-corrected chi connectivity index (χ4v) is 4.62. The molecule has 0 saturated heterocycles. The summed E-state index contributed by atoms with van der Waals surface area (Å²) < 4.78 is 2.61. The lowest BCUT2D eigenvalue weighted by Gasteiger charge is -2.06. The number of rotatable bonds is 3. The van der Waals surface area contributed by atoms with Gasteiger partial charge in [0.15, 0.2) is 0 Å². The smallest absolute Gasteiger partial charge is 0.246 e. The highest BCUT2D eigenvalue weighted by molar-refractivity contribution is 9.10. The summed E-state index contributed by atoms with van der Waals surface area (Å²) in [6, 6.07) is 2.29. The van der Waals surface area contributed by atoms with Gasteiger partial charge in [0.2, 0.25) is 5.91 Å². The number of carbonyl (C=O) groups is 1. The molecule has 1 aliphatic carbocycles. The second kappa shape index (κ2) is 7.08. The largest absolute Gasteiger partial charge is 0.315 e. The SMILES string of the molecule is Cc1nn(CC(=O)Nc2sc3c(c2C#N)CCCCC3)c(C)c1Br. The van der Waals surface area contributed by atoms with E-state index in [1.54, 1.807) is 16.0 Å². The number of aromatic nitrogens is 2. The van der Waals surface area contributed by atoms with E-state index in [1.807, 2.05) is 13.8 Å². The number of hydrogen-bond donors (Lipinski definition) is 1. The molecule has 0 atom stereocenters. The van der Waals surface area contributed by atoms with Crippen molar-refractivity contribution in [3.05, 3.63) is 31.9 Å². The second-order valence-electron chi connectivity index (χ2n) is 6.07. The quantitative estimate of drug-likeness (QED) is 0.779. The van der Waals surface area contributed by atoms with Crippen LogP contribution in [0.15, 0.2) is 4.47 Å². The Kier molecular flexibility index (Phi) is 5.07. The van der Waals surface area contributed by atoms with Crippen LogP contribution in [0.1, 0.15) is 46.7 Å². The second-order valence-corrected chi connectivity index (χ2v) is 7.97. The van der Waals surface area contributed by atoms with E-state index >= 15 is 0 Å². The predicted molar refractivity (Wildman–Crippen MR) is 98.3 cm³/mol. The molecule has 7 heteroatoms. The van der Waals surface area contributed by atoms with Crippen LogP contribution in [0, 0.1) is 25.2 Å². The molecule has 0 radical (unpaired) electrons. The number of anilines is 1. The van der Waals surface area contributed by atoms with Crippen molar-refractivity contribution in [2.24, 2.45) is 0 Å². The summed E-state index contributed by atoms with van der Waals surface area (Å²) >= 11 is 5.03. The predicted octanol–water partition coefficient (Wildman–Crippen LogP) is 4.10. The van der Waals surface area contributed by atoms with Gasteiger partial charge >= 0.3 is 0 Å². The molecule has 0 saturated carbocycles. The van der Waals surface area contributed by atoms with Gasteiger partial charge in [-0.25, -0.2) is 0 Å². The standard InChI is InChI=1S/C17H19BrN4OS/c1-10-16(18)11(2)22(21-10)9-15(23)20-17-13(8-19)12-6-4-3-5-7-14(12)24-17/h3-7,9H2,1-2H3,(H,20,23). The number of aryl methyl sites for hydroxylation is 2. The fraction of sp³-hybridized carbons (Fsp3) is 0.471. The maximum atomic E-state index is 12.4. The fourth-order valence-electron chi connectivity index (χ4n) is 3.08. The Bertz CT molecular complexity index is 831. The molecular formula is C17H19BrN4OS. The van der Waals surface area contributed by atoms with Gasteiger partial charge in [-0.05, 0) is 61.0 Å². The van der Waals surface area contributed by atoms with Crippen LogP contribution in [0.25, 0.3) is 0 Å². The van der Waals surface area contributed by atoms with E-state index in [0.717, 1.165) is 47.1 Å². The molecule has 0 bridgehead atoms. The highest BCUT2D eigenvalue weighted by atomic mass is 79.9. The van der Waals surface area contributed by atoms with Gasteiger partial charge in [-0.1, -0.05) is 6.42 Å². The van der Waals surface area contributed by atoms with E-state index in [1.165, 1.54) is 11.3 Å². The molecule has 5 nitrogen and oxygen atoms in total. The van der Waals surface area contributed by atoms with Crippen molar-refractivity contribution < 1.29 is 4.79 Å². The third-order valence-corrected chi connectivity index (χ3v) is 6.73. The minimum atomic E-state index is -0.152. The monoisotopic (exact) mass is 406 g/mol. The number of thiophene rings is 1. The zero-order valence-electron chi connectivity index (χ0n) is 13.8. The number of nitrogens with one attached hydrogen (secondary N) is 1. The van der Waals surface area contributed by atoms with Crippen molar-refractivity contribution in [3.63, 3.8) is 0 Å². The Labute approximate surface area is 153 Å². The maximum Gasteiger partial charge on any atom is 0.246 e. The number of fused-ring (bicyclic) bond motifs is 1. The summed E-state index contributed by atoms with van der Waals surface area (Å²) in [6.45, 7) is 3.96. The first-order chi connectivity index (χ1) is 11.5. The van der Waals surface area contributed by atoms with E-state index in [9.17, 15) is 10.1 Å². The molecule has 2 aromatic rings. The van der Waals surface area contributed by atoms with Crippen LogP contribution in [0.4, 0.5) is 5.00 Å². The average Bonchev–Trinajstić information content (AvgIpc) is 2.87. The van der Waals surface area contributed by atoms with Gasteiger partial charge in [0.25, 0.3) is 0 Å². The third-order valence-electron chi connectivity index (χ3n) is 4.37. The van der Waals surface area contributed by atoms with Crippen LogP contribution >= 0.6 is 27.3 Å². The zero-order chi connectivity index (χ0) is 17.3. The van der Waals surface area contributed by atoms with Crippen LogP contribution in [-0.4, -0.2) is 15.7 Å². The lowest BCUT2D eigenvalue weighted by Crippen LogP contribution is -2.20. The van der Waals surface area contributed by atoms with Gasteiger partial charge in [-0.3, -0.25) is 9.48 Å².